The number of pyridine rings is 1. The summed E-state index contributed by atoms with van der Waals surface area (Å²) in [7, 11) is 0. The van der Waals surface area contributed by atoms with E-state index >= 15 is 0 Å². The molecule has 0 atom stereocenters. The summed E-state index contributed by atoms with van der Waals surface area (Å²) in [6, 6.07) is 5.15. The highest BCUT2D eigenvalue weighted by molar-refractivity contribution is 5.95. The summed E-state index contributed by atoms with van der Waals surface area (Å²) in [6.45, 7) is -0.303. The maximum absolute atomic E-state index is 11.7. The zero-order valence-corrected chi connectivity index (χ0v) is 10.6. The molecule has 0 bridgehead atoms. The zero-order chi connectivity index (χ0) is 14.4. The largest absolute Gasteiger partial charge is 0.346 e. The van der Waals surface area contributed by atoms with Crippen LogP contribution in [0.5, 0.6) is 0 Å². The molecule has 0 aliphatic heterocycles. The van der Waals surface area contributed by atoms with Gasteiger partial charge < -0.3 is 16.4 Å². The fourth-order valence-electron chi connectivity index (χ4n) is 1.52. The SMILES string of the molecule is NCC(=O)NCC(=O)Nc1cccnc1-n1cccn1. The first kappa shape index (κ1) is 13.7. The summed E-state index contributed by atoms with van der Waals surface area (Å²) in [4.78, 5) is 26.9. The molecule has 2 heterocycles. The highest BCUT2D eigenvalue weighted by Gasteiger charge is 2.10. The molecule has 4 N–H and O–H groups in total. The Bertz CT molecular complexity index is 596. The van der Waals surface area contributed by atoms with E-state index in [-0.39, 0.29) is 19.0 Å². The highest BCUT2D eigenvalue weighted by Crippen LogP contribution is 2.15. The number of carbonyl (C=O) groups excluding carboxylic acids is 2. The Morgan fingerprint density at radius 2 is 2.10 bits per heavy atom. The van der Waals surface area contributed by atoms with Crippen LogP contribution in [0.3, 0.4) is 0 Å². The second-order valence-electron chi connectivity index (χ2n) is 3.85. The Kier molecular flexibility index (Phi) is 4.40. The molecule has 2 aromatic heterocycles. The van der Waals surface area contributed by atoms with E-state index in [4.69, 9.17) is 5.73 Å². The van der Waals surface area contributed by atoms with Gasteiger partial charge >= 0.3 is 0 Å². The van der Waals surface area contributed by atoms with Crippen LogP contribution < -0.4 is 16.4 Å². The Hall–Kier alpha value is -2.74. The van der Waals surface area contributed by atoms with Crippen molar-refractivity contribution in [3.05, 3.63) is 36.8 Å². The number of rotatable bonds is 5. The highest BCUT2D eigenvalue weighted by atomic mass is 16.2. The first-order chi connectivity index (χ1) is 9.70. The van der Waals surface area contributed by atoms with Crippen molar-refractivity contribution in [2.45, 2.75) is 0 Å². The van der Waals surface area contributed by atoms with Crippen LogP contribution in [0.1, 0.15) is 0 Å². The molecule has 2 rings (SSSR count). The van der Waals surface area contributed by atoms with E-state index in [0.29, 0.717) is 11.5 Å². The second-order valence-corrected chi connectivity index (χ2v) is 3.85. The lowest BCUT2D eigenvalue weighted by molar-refractivity contribution is -0.123. The van der Waals surface area contributed by atoms with Gasteiger partial charge in [0, 0.05) is 18.6 Å². The number of aromatic nitrogens is 3. The van der Waals surface area contributed by atoms with Gasteiger partial charge in [-0.05, 0) is 18.2 Å². The molecule has 2 amide bonds. The Labute approximate surface area is 115 Å². The van der Waals surface area contributed by atoms with Gasteiger partial charge in [-0.3, -0.25) is 9.59 Å². The maximum atomic E-state index is 11.7. The minimum absolute atomic E-state index is 0.149. The zero-order valence-electron chi connectivity index (χ0n) is 10.6. The number of nitrogens with zero attached hydrogens (tertiary/aromatic N) is 3. The third kappa shape index (κ3) is 3.39. The van der Waals surface area contributed by atoms with Gasteiger partial charge in [0.25, 0.3) is 0 Å². The van der Waals surface area contributed by atoms with Crippen molar-refractivity contribution >= 4 is 17.5 Å². The molecule has 0 saturated heterocycles. The number of carbonyl (C=O) groups is 2. The number of anilines is 1. The summed E-state index contributed by atoms with van der Waals surface area (Å²) >= 11 is 0. The minimum atomic E-state index is -0.390. The Morgan fingerprint density at radius 1 is 1.25 bits per heavy atom. The predicted octanol–water partition coefficient (Wildman–Crippen LogP) is -0.719. The van der Waals surface area contributed by atoms with Crippen LogP contribution in [0, 0.1) is 0 Å². The average molecular weight is 274 g/mol. The van der Waals surface area contributed by atoms with Crippen LogP contribution in [0.15, 0.2) is 36.8 Å². The van der Waals surface area contributed by atoms with Gasteiger partial charge in [0.05, 0.1) is 18.8 Å². The van der Waals surface area contributed by atoms with Gasteiger partial charge in [0.15, 0.2) is 5.82 Å². The fraction of sp³-hybridized carbons (Fsp3) is 0.167. The predicted molar refractivity (Wildman–Crippen MR) is 72.1 cm³/mol. The van der Waals surface area contributed by atoms with Crippen molar-refractivity contribution in [2.75, 3.05) is 18.4 Å². The molecule has 20 heavy (non-hydrogen) atoms. The second kappa shape index (κ2) is 6.43. The first-order valence-electron chi connectivity index (χ1n) is 5.92. The smallest absolute Gasteiger partial charge is 0.243 e. The van der Waals surface area contributed by atoms with E-state index in [9.17, 15) is 9.59 Å². The average Bonchev–Trinajstić information content (AvgIpc) is 2.99. The monoisotopic (exact) mass is 274 g/mol. The van der Waals surface area contributed by atoms with E-state index in [1.165, 1.54) is 4.68 Å². The lowest BCUT2D eigenvalue weighted by Crippen LogP contribution is -2.36. The minimum Gasteiger partial charge on any atom is -0.346 e. The molecule has 0 aromatic carbocycles. The normalized spacial score (nSPS) is 10.1. The third-order valence-electron chi connectivity index (χ3n) is 2.41. The van der Waals surface area contributed by atoms with E-state index in [2.05, 4.69) is 20.7 Å². The number of hydrogen-bond donors (Lipinski definition) is 3. The standard InChI is InChI=1S/C12H14N6O2/c13-7-10(19)15-8-11(20)17-9-3-1-4-14-12(9)18-6-2-5-16-18/h1-6H,7-8,13H2,(H,15,19)(H,17,20). The topological polar surface area (TPSA) is 115 Å². The number of amides is 2. The van der Waals surface area contributed by atoms with E-state index in [1.54, 1.807) is 36.8 Å². The summed E-state index contributed by atoms with van der Waals surface area (Å²) in [5, 5.41) is 9.11. The van der Waals surface area contributed by atoms with Crippen molar-refractivity contribution in [3.63, 3.8) is 0 Å². The van der Waals surface area contributed by atoms with Crippen LogP contribution >= 0.6 is 0 Å². The molecule has 0 spiro atoms. The van der Waals surface area contributed by atoms with E-state index in [0.717, 1.165) is 0 Å². The maximum Gasteiger partial charge on any atom is 0.243 e. The van der Waals surface area contributed by atoms with Gasteiger partial charge in [-0.1, -0.05) is 0 Å². The van der Waals surface area contributed by atoms with Crippen LogP contribution in [0.2, 0.25) is 0 Å². The van der Waals surface area contributed by atoms with Crippen LogP contribution in [0.4, 0.5) is 5.69 Å². The molecule has 0 fully saturated rings. The Balaban J connectivity index is 2.06. The molecular formula is C12H14N6O2. The van der Waals surface area contributed by atoms with Gasteiger partial charge in [-0.15, -0.1) is 0 Å². The molecule has 0 radical (unpaired) electrons. The number of hydrogen-bond acceptors (Lipinski definition) is 5. The molecule has 0 unspecified atom stereocenters. The van der Waals surface area contributed by atoms with Crippen LogP contribution in [-0.2, 0) is 9.59 Å². The number of nitrogens with one attached hydrogen (secondary N) is 2. The van der Waals surface area contributed by atoms with E-state index in [1.807, 2.05) is 0 Å². The van der Waals surface area contributed by atoms with Gasteiger partial charge in [0.1, 0.15) is 0 Å². The molecule has 8 heteroatoms. The molecule has 8 nitrogen and oxygen atoms in total. The molecule has 0 aliphatic carbocycles. The molecule has 104 valence electrons. The summed E-state index contributed by atoms with van der Waals surface area (Å²) < 4.78 is 1.54. The molecule has 0 aliphatic rings. The van der Waals surface area contributed by atoms with Crippen molar-refractivity contribution in [1.82, 2.24) is 20.1 Å². The summed E-state index contributed by atoms with van der Waals surface area (Å²) in [5.74, 6) is -0.261. The molecular weight excluding hydrogens is 260 g/mol. The van der Waals surface area contributed by atoms with Crippen molar-refractivity contribution < 1.29 is 9.59 Å². The summed E-state index contributed by atoms with van der Waals surface area (Å²) in [6.07, 6.45) is 4.93. The van der Waals surface area contributed by atoms with Gasteiger partial charge in [-0.25, -0.2) is 9.67 Å². The van der Waals surface area contributed by atoms with Crippen molar-refractivity contribution in [2.24, 2.45) is 5.73 Å². The van der Waals surface area contributed by atoms with Crippen LogP contribution in [-0.4, -0.2) is 39.7 Å². The van der Waals surface area contributed by atoms with Crippen molar-refractivity contribution in [3.8, 4) is 5.82 Å². The van der Waals surface area contributed by atoms with Gasteiger partial charge in [-0.2, -0.15) is 5.10 Å². The number of nitrogens with two attached hydrogens (primary N) is 1. The lowest BCUT2D eigenvalue weighted by atomic mass is 10.3. The molecule has 2 aromatic rings. The van der Waals surface area contributed by atoms with Gasteiger partial charge in [0.2, 0.25) is 11.8 Å². The fourth-order valence-corrected chi connectivity index (χ4v) is 1.52. The first-order valence-corrected chi connectivity index (χ1v) is 5.92. The van der Waals surface area contributed by atoms with Crippen LogP contribution in [0.25, 0.3) is 5.82 Å². The lowest BCUT2D eigenvalue weighted by Gasteiger charge is -2.10. The van der Waals surface area contributed by atoms with Crippen molar-refractivity contribution in [1.29, 1.82) is 0 Å². The summed E-state index contributed by atoms with van der Waals surface area (Å²) in [5.41, 5.74) is 5.64. The quantitative estimate of drug-likeness (QED) is 0.665. The Morgan fingerprint density at radius 3 is 2.80 bits per heavy atom. The third-order valence-corrected chi connectivity index (χ3v) is 2.41. The van der Waals surface area contributed by atoms with E-state index < -0.39 is 5.91 Å². The molecule has 0 saturated carbocycles.